The van der Waals surface area contributed by atoms with Crippen LogP contribution in [0.3, 0.4) is 0 Å². The van der Waals surface area contributed by atoms with Crippen molar-refractivity contribution in [3.8, 4) is 0 Å². The second kappa shape index (κ2) is 11.2. The number of nitrogens with zero attached hydrogens (tertiary/aromatic N) is 2. The van der Waals surface area contributed by atoms with Crippen molar-refractivity contribution in [1.29, 1.82) is 0 Å². The lowest BCUT2D eigenvalue weighted by Gasteiger charge is -2.30. The van der Waals surface area contributed by atoms with Gasteiger partial charge >= 0.3 is 0 Å². The first-order chi connectivity index (χ1) is 19.4. The molecule has 2 saturated carbocycles. The second-order valence-electron chi connectivity index (χ2n) is 11.6. The number of fused-ring (bicyclic) bond motifs is 1. The van der Waals surface area contributed by atoms with Crippen LogP contribution in [0.5, 0.6) is 0 Å². The van der Waals surface area contributed by atoms with E-state index in [1.807, 2.05) is 36.5 Å². The summed E-state index contributed by atoms with van der Waals surface area (Å²) in [5.41, 5.74) is 7.04. The zero-order chi connectivity index (χ0) is 27.6. The van der Waals surface area contributed by atoms with Gasteiger partial charge in [-0.25, -0.2) is 0 Å². The van der Waals surface area contributed by atoms with E-state index in [2.05, 4.69) is 46.6 Å². The summed E-state index contributed by atoms with van der Waals surface area (Å²) in [6, 6.07) is 14.2. The van der Waals surface area contributed by atoms with E-state index in [1.165, 1.54) is 5.56 Å². The van der Waals surface area contributed by atoms with Gasteiger partial charge in [0.15, 0.2) is 0 Å². The minimum Gasteiger partial charge on any atom is -0.353 e. The Balaban J connectivity index is 1.08. The topological polar surface area (TPSA) is 99.8 Å². The van der Waals surface area contributed by atoms with Crippen LogP contribution in [-0.4, -0.2) is 32.8 Å². The smallest absolute Gasteiger partial charge is 0.268 e. The van der Waals surface area contributed by atoms with E-state index in [1.54, 1.807) is 12.4 Å². The van der Waals surface area contributed by atoms with Crippen molar-refractivity contribution in [2.45, 2.75) is 76.8 Å². The summed E-state index contributed by atoms with van der Waals surface area (Å²) in [6.45, 7) is 4.17. The SMILES string of the molecule is Cc1cc(C2CCC(NC(=O)Cc3cccnc3)CC2)cnc1C(NC(=O)c1cc2cccc(C)c2[nH]1)C1CC1. The third-order valence-electron chi connectivity index (χ3n) is 8.57. The largest absolute Gasteiger partial charge is 0.353 e. The van der Waals surface area contributed by atoms with Gasteiger partial charge in [-0.2, -0.15) is 0 Å². The molecule has 2 aliphatic rings. The molecule has 2 fully saturated rings. The van der Waals surface area contributed by atoms with E-state index in [4.69, 9.17) is 4.98 Å². The lowest BCUT2D eigenvalue weighted by Crippen LogP contribution is -2.38. The van der Waals surface area contributed by atoms with Gasteiger partial charge in [-0.15, -0.1) is 0 Å². The Kier molecular flexibility index (Phi) is 7.37. The molecule has 1 atom stereocenters. The van der Waals surface area contributed by atoms with Crippen LogP contribution in [0.25, 0.3) is 10.9 Å². The van der Waals surface area contributed by atoms with Crippen molar-refractivity contribution in [3.63, 3.8) is 0 Å². The van der Waals surface area contributed by atoms with Gasteiger partial charge in [0.25, 0.3) is 5.91 Å². The van der Waals surface area contributed by atoms with Crippen LogP contribution in [-0.2, 0) is 11.2 Å². The van der Waals surface area contributed by atoms with E-state index in [0.717, 1.165) is 71.8 Å². The molecule has 3 aromatic heterocycles. The number of carbonyl (C=O) groups is 2. The number of aromatic nitrogens is 3. The molecule has 3 heterocycles. The Morgan fingerprint density at radius 3 is 2.50 bits per heavy atom. The molecule has 40 heavy (non-hydrogen) atoms. The van der Waals surface area contributed by atoms with Gasteiger partial charge in [0, 0.05) is 35.5 Å². The highest BCUT2D eigenvalue weighted by Crippen LogP contribution is 2.42. The Labute approximate surface area is 235 Å². The number of pyridine rings is 2. The predicted molar refractivity (Wildman–Crippen MR) is 156 cm³/mol. The fourth-order valence-electron chi connectivity index (χ4n) is 6.18. The fourth-order valence-corrected chi connectivity index (χ4v) is 6.18. The van der Waals surface area contributed by atoms with Gasteiger partial charge in [-0.3, -0.25) is 19.6 Å². The van der Waals surface area contributed by atoms with E-state index in [-0.39, 0.29) is 23.9 Å². The molecule has 7 nitrogen and oxygen atoms in total. The molecule has 1 unspecified atom stereocenters. The maximum Gasteiger partial charge on any atom is 0.268 e. The van der Waals surface area contributed by atoms with Crippen molar-refractivity contribution >= 4 is 22.7 Å². The molecule has 2 amide bonds. The Hall–Kier alpha value is -4.00. The number of carbonyl (C=O) groups excluding carboxylic acids is 2. The molecule has 1 aromatic carbocycles. The predicted octanol–water partition coefficient (Wildman–Crippen LogP) is 5.84. The average Bonchev–Trinajstić information content (AvgIpc) is 3.70. The molecule has 4 aromatic rings. The molecule has 0 spiro atoms. The first-order valence-corrected chi connectivity index (χ1v) is 14.5. The number of amides is 2. The summed E-state index contributed by atoms with van der Waals surface area (Å²) < 4.78 is 0. The molecule has 2 aliphatic carbocycles. The average molecular weight is 536 g/mol. The van der Waals surface area contributed by atoms with Crippen LogP contribution < -0.4 is 10.6 Å². The van der Waals surface area contributed by atoms with Crippen molar-refractivity contribution in [1.82, 2.24) is 25.6 Å². The highest BCUT2D eigenvalue weighted by atomic mass is 16.2. The number of hydrogen-bond donors (Lipinski definition) is 3. The summed E-state index contributed by atoms with van der Waals surface area (Å²) >= 11 is 0. The van der Waals surface area contributed by atoms with E-state index in [0.29, 0.717) is 24.0 Å². The van der Waals surface area contributed by atoms with Crippen LogP contribution in [0.1, 0.15) is 88.9 Å². The number of para-hydroxylation sites is 1. The quantitative estimate of drug-likeness (QED) is 0.264. The van der Waals surface area contributed by atoms with Crippen molar-refractivity contribution in [2.75, 3.05) is 0 Å². The standard InChI is InChI=1S/C33H37N5O2/c1-20-5-3-7-25-17-28(37-30(20)25)33(40)38-32(24-8-9-24)31-21(2)15-26(19-35-31)23-10-12-27(13-11-23)36-29(39)16-22-6-4-14-34-18-22/h3-7,14-15,17-19,23-24,27,32,37H,8-13,16H2,1-2H3,(H,36,39)(H,38,40). The molecule has 0 saturated heterocycles. The van der Waals surface area contributed by atoms with Gasteiger partial charge in [-0.05, 0) is 98.6 Å². The first kappa shape index (κ1) is 26.2. The number of aryl methyl sites for hydroxylation is 2. The third kappa shape index (κ3) is 5.79. The lowest BCUT2D eigenvalue weighted by atomic mass is 9.81. The normalized spacial score (nSPS) is 19.8. The van der Waals surface area contributed by atoms with Crippen molar-refractivity contribution < 1.29 is 9.59 Å². The summed E-state index contributed by atoms with van der Waals surface area (Å²) in [5.74, 6) is 0.851. The van der Waals surface area contributed by atoms with Crippen LogP contribution in [0.2, 0.25) is 0 Å². The van der Waals surface area contributed by atoms with Crippen molar-refractivity contribution in [2.24, 2.45) is 5.92 Å². The number of H-pyrrole nitrogens is 1. The van der Waals surface area contributed by atoms with Crippen LogP contribution >= 0.6 is 0 Å². The molecular formula is C33H37N5O2. The first-order valence-electron chi connectivity index (χ1n) is 14.5. The number of hydrogen-bond acceptors (Lipinski definition) is 4. The fraction of sp³-hybridized carbons (Fsp3) is 0.394. The van der Waals surface area contributed by atoms with Gasteiger partial charge in [-0.1, -0.05) is 30.3 Å². The monoisotopic (exact) mass is 535 g/mol. The van der Waals surface area contributed by atoms with E-state index < -0.39 is 0 Å². The molecule has 0 bridgehead atoms. The molecule has 6 rings (SSSR count). The molecule has 0 radical (unpaired) electrons. The summed E-state index contributed by atoms with van der Waals surface area (Å²) in [7, 11) is 0. The van der Waals surface area contributed by atoms with Crippen LogP contribution in [0.15, 0.2) is 61.1 Å². The maximum atomic E-state index is 13.3. The summed E-state index contributed by atoms with van der Waals surface area (Å²) in [4.78, 5) is 38.1. The molecule has 3 N–H and O–H groups in total. The van der Waals surface area contributed by atoms with Gasteiger partial charge in [0.05, 0.1) is 18.2 Å². The number of aromatic amines is 1. The number of rotatable bonds is 8. The zero-order valence-corrected chi connectivity index (χ0v) is 23.2. The third-order valence-corrected chi connectivity index (χ3v) is 8.57. The highest BCUT2D eigenvalue weighted by Gasteiger charge is 2.36. The Bertz CT molecular complexity index is 1520. The maximum absolute atomic E-state index is 13.3. The lowest BCUT2D eigenvalue weighted by molar-refractivity contribution is -0.121. The summed E-state index contributed by atoms with van der Waals surface area (Å²) in [5, 5.41) is 7.56. The molecule has 0 aliphatic heterocycles. The van der Waals surface area contributed by atoms with Gasteiger partial charge in [0.2, 0.25) is 5.91 Å². The second-order valence-corrected chi connectivity index (χ2v) is 11.6. The van der Waals surface area contributed by atoms with E-state index >= 15 is 0 Å². The molecule has 7 heteroatoms. The Morgan fingerprint density at radius 2 is 1.80 bits per heavy atom. The molecule has 206 valence electrons. The van der Waals surface area contributed by atoms with Crippen LogP contribution in [0.4, 0.5) is 0 Å². The minimum atomic E-state index is -0.0835. The number of nitrogens with one attached hydrogen (secondary N) is 3. The van der Waals surface area contributed by atoms with Gasteiger partial charge in [0.1, 0.15) is 5.69 Å². The molecular weight excluding hydrogens is 498 g/mol. The van der Waals surface area contributed by atoms with Gasteiger partial charge < -0.3 is 15.6 Å². The highest BCUT2D eigenvalue weighted by molar-refractivity contribution is 5.98. The Morgan fingerprint density at radius 1 is 0.975 bits per heavy atom. The van der Waals surface area contributed by atoms with Crippen LogP contribution in [0, 0.1) is 19.8 Å². The minimum absolute atomic E-state index is 0.0639. The van der Waals surface area contributed by atoms with E-state index in [9.17, 15) is 9.59 Å². The summed E-state index contributed by atoms with van der Waals surface area (Å²) in [6.07, 6.45) is 12.1. The zero-order valence-electron chi connectivity index (χ0n) is 23.2. The van der Waals surface area contributed by atoms with Crippen molar-refractivity contribution in [3.05, 3.63) is 94.7 Å². The number of benzene rings is 1.